The summed E-state index contributed by atoms with van der Waals surface area (Å²) in [6, 6.07) is 6.63. The van der Waals surface area contributed by atoms with Crippen molar-refractivity contribution < 1.29 is 0 Å². The van der Waals surface area contributed by atoms with Gasteiger partial charge in [0.05, 0.1) is 0 Å². The molecule has 2 rings (SSSR count). The molecule has 1 heterocycles. The van der Waals surface area contributed by atoms with E-state index in [-0.39, 0.29) is 0 Å². The maximum atomic E-state index is 2.28. The Kier molecular flexibility index (Phi) is 2.63. The maximum Gasteiger partial charge on any atom is 0.0442 e. The van der Waals surface area contributed by atoms with Gasteiger partial charge in [-0.05, 0) is 25.5 Å². The molecule has 0 atom stereocenters. The molecule has 0 spiro atoms. The van der Waals surface area contributed by atoms with Gasteiger partial charge in [-0.2, -0.15) is 0 Å². The van der Waals surface area contributed by atoms with E-state index >= 15 is 0 Å². The Balaban J connectivity index is 2.45. The number of benzene rings is 1. The molecule has 0 fully saturated rings. The SMILES string of the molecule is Cc1ccc(C2=CC=CCN2C)c(C)c1. The van der Waals surface area contributed by atoms with Crippen molar-refractivity contribution in [3.8, 4) is 0 Å². The van der Waals surface area contributed by atoms with Gasteiger partial charge in [0.15, 0.2) is 0 Å². The van der Waals surface area contributed by atoms with Crippen LogP contribution in [0.1, 0.15) is 16.7 Å². The number of rotatable bonds is 1. The van der Waals surface area contributed by atoms with Crippen LogP contribution < -0.4 is 0 Å². The van der Waals surface area contributed by atoms with E-state index in [1.165, 1.54) is 22.4 Å². The molecule has 1 aromatic rings. The van der Waals surface area contributed by atoms with E-state index < -0.39 is 0 Å². The average Bonchev–Trinajstić information content (AvgIpc) is 2.20. The smallest absolute Gasteiger partial charge is 0.0442 e. The van der Waals surface area contributed by atoms with E-state index in [2.05, 4.69) is 62.2 Å². The molecule has 0 saturated heterocycles. The third-order valence-electron chi connectivity index (χ3n) is 2.84. The largest absolute Gasteiger partial charge is 0.370 e. The van der Waals surface area contributed by atoms with Gasteiger partial charge in [-0.15, -0.1) is 0 Å². The maximum absolute atomic E-state index is 2.28. The molecule has 0 saturated carbocycles. The van der Waals surface area contributed by atoms with Crippen molar-refractivity contribution in [2.45, 2.75) is 13.8 Å². The highest BCUT2D eigenvalue weighted by atomic mass is 15.1. The van der Waals surface area contributed by atoms with Crippen molar-refractivity contribution in [3.05, 3.63) is 53.1 Å². The predicted molar refractivity (Wildman–Crippen MR) is 65.7 cm³/mol. The zero-order valence-electron chi connectivity index (χ0n) is 9.62. The molecule has 0 N–H and O–H groups in total. The highest BCUT2D eigenvalue weighted by Gasteiger charge is 2.10. The fourth-order valence-electron chi connectivity index (χ4n) is 2.00. The van der Waals surface area contributed by atoms with Crippen LogP contribution in [0.15, 0.2) is 36.4 Å². The lowest BCUT2D eigenvalue weighted by molar-refractivity contribution is 0.531. The standard InChI is InChI=1S/C14H17N/c1-11-7-8-13(12(2)10-11)14-6-4-5-9-15(14)3/h4-8,10H,9H2,1-3H3. The number of likely N-dealkylation sites (N-methyl/N-ethyl adjacent to an activating group) is 1. The highest BCUT2D eigenvalue weighted by molar-refractivity contribution is 5.69. The predicted octanol–water partition coefficient (Wildman–Crippen LogP) is 3.15. The molecule has 0 amide bonds. The van der Waals surface area contributed by atoms with Gasteiger partial charge in [-0.3, -0.25) is 0 Å². The van der Waals surface area contributed by atoms with Crippen molar-refractivity contribution in [2.75, 3.05) is 13.6 Å². The first-order valence-corrected chi connectivity index (χ1v) is 5.34. The molecule has 0 aromatic heterocycles. The molecular weight excluding hydrogens is 182 g/mol. The molecule has 0 bridgehead atoms. The van der Waals surface area contributed by atoms with Crippen molar-refractivity contribution in [3.63, 3.8) is 0 Å². The van der Waals surface area contributed by atoms with Crippen LogP contribution in [0, 0.1) is 13.8 Å². The number of nitrogens with zero attached hydrogens (tertiary/aromatic N) is 1. The first kappa shape index (κ1) is 10.0. The minimum Gasteiger partial charge on any atom is -0.370 e. The van der Waals surface area contributed by atoms with Crippen LogP contribution in [0.2, 0.25) is 0 Å². The number of aryl methyl sites for hydroxylation is 2. The Labute approximate surface area is 91.7 Å². The fraction of sp³-hybridized carbons (Fsp3) is 0.286. The molecule has 1 aromatic carbocycles. The monoisotopic (exact) mass is 199 g/mol. The minimum atomic E-state index is 0.999. The minimum absolute atomic E-state index is 0.999. The van der Waals surface area contributed by atoms with Gasteiger partial charge < -0.3 is 4.90 Å². The normalized spacial score (nSPS) is 15.4. The molecule has 1 nitrogen and oxygen atoms in total. The Hall–Kier alpha value is -1.50. The Morgan fingerprint density at radius 3 is 2.67 bits per heavy atom. The third kappa shape index (κ3) is 1.96. The van der Waals surface area contributed by atoms with Gasteiger partial charge in [0.25, 0.3) is 0 Å². The van der Waals surface area contributed by atoms with E-state index in [4.69, 9.17) is 0 Å². The van der Waals surface area contributed by atoms with Gasteiger partial charge in [0, 0.05) is 24.9 Å². The molecule has 0 unspecified atom stereocenters. The lowest BCUT2D eigenvalue weighted by Crippen LogP contribution is -2.19. The van der Waals surface area contributed by atoms with E-state index in [9.17, 15) is 0 Å². The lowest BCUT2D eigenvalue weighted by Gasteiger charge is -2.25. The summed E-state index contributed by atoms with van der Waals surface area (Å²) < 4.78 is 0. The van der Waals surface area contributed by atoms with Gasteiger partial charge in [0.1, 0.15) is 0 Å². The summed E-state index contributed by atoms with van der Waals surface area (Å²) in [7, 11) is 2.13. The number of hydrogen-bond acceptors (Lipinski definition) is 1. The number of allylic oxidation sites excluding steroid dienone is 2. The van der Waals surface area contributed by atoms with Gasteiger partial charge in [-0.1, -0.05) is 35.9 Å². The van der Waals surface area contributed by atoms with Crippen LogP contribution in [-0.2, 0) is 0 Å². The van der Waals surface area contributed by atoms with Crippen LogP contribution in [0.3, 0.4) is 0 Å². The van der Waals surface area contributed by atoms with Crippen LogP contribution in [-0.4, -0.2) is 18.5 Å². The van der Waals surface area contributed by atoms with Crippen LogP contribution in [0.5, 0.6) is 0 Å². The van der Waals surface area contributed by atoms with E-state index in [0.29, 0.717) is 0 Å². The zero-order chi connectivity index (χ0) is 10.8. The summed E-state index contributed by atoms with van der Waals surface area (Å²) in [5.41, 5.74) is 5.33. The summed E-state index contributed by atoms with van der Waals surface area (Å²) in [5.74, 6) is 0. The molecule has 15 heavy (non-hydrogen) atoms. The Morgan fingerprint density at radius 2 is 2.00 bits per heavy atom. The summed E-state index contributed by atoms with van der Waals surface area (Å²) in [6.45, 7) is 5.31. The Bertz CT molecular complexity index is 427. The van der Waals surface area contributed by atoms with Crippen LogP contribution in [0.4, 0.5) is 0 Å². The van der Waals surface area contributed by atoms with Crippen molar-refractivity contribution in [1.82, 2.24) is 4.90 Å². The van der Waals surface area contributed by atoms with Gasteiger partial charge in [-0.25, -0.2) is 0 Å². The second-order valence-electron chi connectivity index (χ2n) is 4.18. The molecular formula is C14H17N. The first-order valence-electron chi connectivity index (χ1n) is 5.34. The highest BCUT2D eigenvalue weighted by Crippen LogP contribution is 2.24. The van der Waals surface area contributed by atoms with Crippen LogP contribution in [0.25, 0.3) is 5.70 Å². The lowest BCUT2D eigenvalue weighted by atomic mass is 10.0. The molecule has 78 valence electrons. The number of hydrogen-bond donors (Lipinski definition) is 0. The second kappa shape index (κ2) is 3.93. The topological polar surface area (TPSA) is 3.24 Å². The fourth-order valence-corrected chi connectivity index (χ4v) is 2.00. The molecule has 1 heteroatoms. The Morgan fingerprint density at radius 1 is 1.20 bits per heavy atom. The summed E-state index contributed by atoms with van der Waals surface area (Å²) in [4.78, 5) is 2.28. The zero-order valence-corrected chi connectivity index (χ0v) is 9.62. The first-order chi connectivity index (χ1) is 7.18. The van der Waals surface area contributed by atoms with E-state index in [1.807, 2.05) is 0 Å². The molecule has 0 aliphatic carbocycles. The van der Waals surface area contributed by atoms with Crippen molar-refractivity contribution in [1.29, 1.82) is 0 Å². The van der Waals surface area contributed by atoms with E-state index in [1.54, 1.807) is 0 Å². The molecule has 0 radical (unpaired) electrons. The summed E-state index contributed by atoms with van der Waals surface area (Å²) in [5, 5.41) is 0. The second-order valence-corrected chi connectivity index (χ2v) is 4.18. The van der Waals surface area contributed by atoms with Gasteiger partial charge >= 0.3 is 0 Å². The van der Waals surface area contributed by atoms with Crippen LogP contribution >= 0.6 is 0 Å². The van der Waals surface area contributed by atoms with Gasteiger partial charge in [0.2, 0.25) is 0 Å². The van der Waals surface area contributed by atoms with Crippen molar-refractivity contribution in [2.24, 2.45) is 0 Å². The average molecular weight is 199 g/mol. The quantitative estimate of drug-likeness (QED) is 0.671. The van der Waals surface area contributed by atoms with E-state index in [0.717, 1.165) is 6.54 Å². The molecule has 1 aliphatic heterocycles. The molecule has 1 aliphatic rings. The summed E-state index contributed by atoms with van der Waals surface area (Å²) >= 11 is 0. The third-order valence-corrected chi connectivity index (χ3v) is 2.84. The summed E-state index contributed by atoms with van der Waals surface area (Å²) in [6.07, 6.45) is 6.49. The van der Waals surface area contributed by atoms with Crippen molar-refractivity contribution >= 4 is 5.70 Å².